The second-order valence-corrected chi connectivity index (χ2v) is 13.9. The fourth-order valence-corrected chi connectivity index (χ4v) is 7.62. The first-order chi connectivity index (χ1) is 27.3. The third-order valence-corrected chi connectivity index (χ3v) is 10.5. The zero-order chi connectivity index (χ0) is 40.5. The van der Waals surface area contributed by atoms with E-state index in [1.54, 1.807) is 85.8 Å². The lowest BCUT2D eigenvalue weighted by Gasteiger charge is -2.44. The molecule has 2 aliphatic heterocycles. The van der Waals surface area contributed by atoms with E-state index in [-0.39, 0.29) is 5.82 Å². The quantitative estimate of drug-likeness (QED) is 0.167. The number of likely N-dealkylation sites (tertiary alicyclic amines) is 1. The fraction of sp³-hybridized carbons (Fsp3) is 0.286. The molecule has 2 aliphatic rings. The number of nitrogens with one attached hydrogen (secondary N) is 1. The van der Waals surface area contributed by atoms with Crippen LogP contribution in [0.3, 0.4) is 0 Å². The molecule has 296 valence electrons. The highest BCUT2D eigenvalue weighted by Crippen LogP contribution is 2.49. The van der Waals surface area contributed by atoms with Gasteiger partial charge in [-0.1, -0.05) is 72.8 Å². The zero-order valence-corrected chi connectivity index (χ0v) is 31.1. The number of rotatable bonds is 11. The molecule has 15 heteroatoms. The van der Waals surface area contributed by atoms with Crippen LogP contribution in [0.1, 0.15) is 38.8 Å². The fourth-order valence-electron chi connectivity index (χ4n) is 7.62. The monoisotopic (exact) mass is 784 g/mol. The van der Waals surface area contributed by atoms with Crippen LogP contribution >= 0.6 is 0 Å². The second kappa shape index (κ2) is 15.5. The van der Waals surface area contributed by atoms with E-state index in [2.05, 4.69) is 10.3 Å². The Morgan fingerprint density at radius 1 is 0.877 bits per heavy atom. The number of piperidine rings is 1. The number of alkyl halides is 3. The third-order valence-electron chi connectivity index (χ3n) is 10.5. The lowest BCUT2D eigenvalue weighted by Crippen LogP contribution is -2.62. The highest BCUT2D eigenvalue weighted by Gasteiger charge is 2.63. The number of carbonyl (C=O) groups is 2. The summed E-state index contributed by atoms with van der Waals surface area (Å²) in [6.45, 7) is -0.286. The molecule has 0 spiro atoms. The van der Waals surface area contributed by atoms with Crippen LogP contribution in [0, 0.1) is 12.8 Å². The van der Waals surface area contributed by atoms with Crippen molar-refractivity contribution in [1.82, 2.24) is 14.5 Å². The van der Waals surface area contributed by atoms with Crippen LogP contribution in [0.15, 0.2) is 120 Å². The molecule has 12 nitrogen and oxygen atoms in total. The van der Waals surface area contributed by atoms with Gasteiger partial charge < -0.3 is 34.3 Å². The minimum atomic E-state index is -5.24. The number of aliphatic hydroxyl groups excluding tert-OH is 1. The SMILES string of the molecule is COc1ccc(C(OC[C@@]23CN(C(=O)C(F)(F)F)C[C@@H]([C@H](n4cc(C)c(NC(=O)c5ccccc5)nc4=O)O2)[C@@H]3O)(c2ccccc2)c2ccc(OC)cc2)cc1. The van der Waals surface area contributed by atoms with Gasteiger partial charge in [-0.05, 0) is 60.0 Å². The lowest BCUT2D eigenvalue weighted by atomic mass is 9.79. The molecule has 2 bridgehead atoms. The predicted molar refractivity (Wildman–Crippen MR) is 201 cm³/mol. The minimum absolute atomic E-state index is 0.0369. The van der Waals surface area contributed by atoms with Crippen molar-refractivity contribution in [3.8, 4) is 11.5 Å². The molecule has 5 aromatic rings. The molecule has 2 amide bonds. The summed E-state index contributed by atoms with van der Waals surface area (Å²) in [5.41, 5.74) is -1.90. The molecule has 57 heavy (non-hydrogen) atoms. The normalized spacial score (nSPS) is 20.5. The van der Waals surface area contributed by atoms with Gasteiger partial charge in [0.15, 0.2) is 0 Å². The number of carbonyl (C=O) groups excluding carboxylic acids is 2. The summed E-state index contributed by atoms with van der Waals surface area (Å²) < 4.78 is 67.6. The molecule has 0 saturated carbocycles. The number of methoxy groups -OCH3 is 2. The van der Waals surface area contributed by atoms with Gasteiger partial charge in [-0.15, -0.1) is 0 Å². The summed E-state index contributed by atoms with van der Waals surface area (Å²) in [4.78, 5) is 44.1. The van der Waals surface area contributed by atoms with Gasteiger partial charge in [0.25, 0.3) is 5.91 Å². The van der Waals surface area contributed by atoms with Crippen molar-refractivity contribution in [2.75, 3.05) is 39.2 Å². The van der Waals surface area contributed by atoms with E-state index >= 15 is 0 Å². The van der Waals surface area contributed by atoms with Crippen LogP contribution in [0.5, 0.6) is 11.5 Å². The molecule has 2 N–H and O–H groups in total. The van der Waals surface area contributed by atoms with Crippen LogP contribution in [0.25, 0.3) is 0 Å². The van der Waals surface area contributed by atoms with Crippen LogP contribution in [0.4, 0.5) is 19.0 Å². The molecule has 4 atom stereocenters. The highest BCUT2D eigenvalue weighted by molar-refractivity contribution is 6.04. The number of aryl methyl sites for hydroxylation is 1. The largest absolute Gasteiger partial charge is 0.497 e. The number of benzene rings is 4. The molecular weight excluding hydrogens is 745 g/mol. The number of aliphatic hydroxyl groups is 1. The lowest BCUT2D eigenvalue weighted by molar-refractivity contribution is -0.200. The third kappa shape index (κ3) is 7.36. The molecule has 0 radical (unpaired) electrons. The number of amides is 2. The van der Waals surface area contributed by atoms with Crippen molar-refractivity contribution in [3.05, 3.63) is 154 Å². The Labute approximate surface area is 325 Å². The Morgan fingerprint density at radius 2 is 1.42 bits per heavy atom. The van der Waals surface area contributed by atoms with Gasteiger partial charge >= 0.3 is 17.8 Å². The molecular formula is C42H39F3N4O8. The van der Waals surface area contributed by atoms with Crippen molar-refractivity contribution in [2.24, 2.45) is 5.92 Å². The first kappa shape index (κ1) is 39.2. The average Bonchev–Trinajstić information content (AvgIpc) is 3.36. The zero-order valence-electron chi connectivity index (χ0n) is 31.1. The highest BCUT2D eigenvalue weighted by atomic mass is 19.4. The van der Waals surface area contributed by atoms with Crippen molar-refractivity contribution in [2.45, 2.75) is 36.6 Å². The summed E-state index contributed by atoms with van der Waals surface area (Å²) in [6.07, 6.45) is -6.81. The maximum Gasteiger partial charge on any atom is 0.471 e. The van der Waals surface area contributed by atoms with Crippen molar-refractivity contribution in [1.29, 1.82) is 0 Å². The molecule has 7 rings (SSSR count). The molecule has 0 aliphatic carbocycles. The average molecular weight is 785 g/mol. The van der Waals surface area contributed by atoms with Crippen LogP contribution < -0.4 is 20.5 Å². The van der Waals surface area contributed by atoms with Gasteiger partial charge in [0.1, 0.15) is 34.7 Å². The van der Waals surface area contributed by atoms with Crippen molar-refractivity contribution >= 4 is 17.6 Å². The van der Waals surface area contributed by atoms with Gasteiger partial charge in [-0.25, -0.2) is 4.79 Å². The predicted octanol–water partition coefficient (Wildman–Crippen LogP) is 5.48. The molecule has 4 aromatic carbocycles. The van der Waals surface area contributed by atoms with Gasteiger partial charge in [0, 0.05) is 23.9 Å². The standard InChI is InChI=1S/C42H39F3N4O8/c1-26-22-49(39(53)47-35(26)46-36(51)27-10-6-4-7-11-27)37-33-23-48(38(52)42(43,44)45)24-40(57-37,34(33)50)25-56-41(28-12-8-5-9-13-28,29-14-18-31(54-2)19-15-29)30-16-20-32(55-3)21-17-30/h4-22,33-34,37,50H,23-25H2,1-3H3,(H,46,47,51,53)/t33-,34+,37-,40-/m1/s1. The molecule has 3 heterocycles. The Balaban J connectivity index is 1.31. The number of nitrogens with zero attached hydrogens (tertiary/aromatic N) is 3. The van der Waals surface area contributed by atoms with Gasteiger partial charge in [0.05, 0.1) is 39.4 Å². The topological polar surface area (TPSA) is 141 Å². The first-order valence-corrected chi connectivity index (χ1v) is 18.0. The van der Waals surface area contributed by atoms with E-state index in [1.165, 1.54) is 20.4 Å². The van der Waals surface area contributed by atoms with Gasteiger partial charge in [-0.2, -0.15) is 18.2 Å². The van der Waals surface area contributed by atoms with Crippen molar-refractivity contribution < 1.29 is 46.8 Å². The second-order valence-electron chi connectivity index (χ2n) is 13.9. The summed E-state index contributed by atoms with van der Waals surface area (Å²) >= 11 is 0. The molecule has 0 unspecified atom stereocenters. The summed E-state index contributed by atoms with van der Waals surface area (Å²) in [7, 11) is 3.05. The first-order valence-electron chi connectivity index (χ1n) is 18.0. The molecule has 1 aromatic heterocycles. The van der Waals surface area contributed by atoms with Crippen LogP contribution in [0.2, 0.25) is 0 Å². The number of anilines is 1. The Bertz CT molecular complexity index is 2240. The van der Waals surface area contributed by atoms with Crippen molar-refractivity contribution in [3.63, 3.8) is 0 Å². The summed E-state index contributed by atoms with van der Waals surface area (Å²) in [5, 5.41) is 14.7. The summed E-state index contributed by atoms with van der Waals surface area (Å²) in [6, 6.07) is 31.5. The van der Waals surface area contributed by atoms with Crippen LogP contribution in [-0.2, 0) is 19.9 Å². The molecule has 2 saturated heterocycles. The number of halogens is 3. The maximum absolute atomic E-state index is 14.1. The van der Waals surface area contributed by atoms with E-state index in [4.69, 9.17) is 18.9 Å². The Kier molecular flexibility index (Phi) is 10.7. The van der Waals surface area contributed by atoms with E-state index in [1.807, 2.05) is 30.3 Å². The maximum atomic E-state index is 14.1. The number of ether oxygens (including phenoxy) is 4. The smallest absolute Gasteiger partial charge is 0.471 e. The van der Waals surface area contributed by atoms with Crippen LogP contribution in [-0.4, -0.2) is 83.2 Å². The van der Waals surface area contributed by atoms with E-state index in [0.717, 1.165) is 4.57 Å². The molecule has 2 fully saturated rings. The van der Waals surface area contributed by atoms with E-state index in [0.29, 0.717) is 44.2 Å². The number of fused-ring (bicyclic) bond motifs is 2. The Morgan fingerprint density at radius 3 is 1.96 bits per heavy atom. The van der Waals surface area contributed by atoms with E-state index in [9.17, 15) is 32.7 Å². The number of hydrogen-bond acceptors (Lipinski definition) is 9. The van der Waals surface area contributed by atoms with Gasteiger partial charge in [0.2, 0.25) is 0 Å². The number of aromatic nitrogens is 2. The minimum Gasteiger partial charge on any atom is -0.497 e. The van der Waals surface area contributed by atoms with Gasteiger partial charge in [-0.3, -0.25) is 14.2 Å². The van der Waals surface area contributed by atoms with E-state index < -0.39 is 72.8 Å². The summed E-state index contributed by atoms with van der Waals surface area (Å²) in [5.74, 6) is -2.80. The number of hydrogen-bond donors (Lipinski definition) is 2. The Hall–Kier alpha value is -6.03.